The number of aliphatic imine (C=N–C) groups is 1. The minimum absolute atomic E-state index is 0. The third-order valence-electron chi connectivity index (χ3n) is 5.76. The molecule has 2 rings (SSSR count). The molecule has 0 aliphatic carbocycles. The SMILES string of the molecule is CCNC(=NCCS(=O)(=O)NCC1CCCCO1)N1CCC(CN(CC)CC)C1.I. The molecule has 2 saturated heterocycles. The van der Waals surface area contributed by atoms with E-state index in [9.17, 15) is 8.42 Å². The van der Waals surface area contributed by atoms with Crippen LogP contribution in [0, 0.1) is 5.92 Å². The maximum Gasteiger partial charge on any atom is 0.213 e. The highest BCUT2D eigenvalue weighted by Crippen LogP contribution is 2.17. The zero-order valence-corrected chi connectivity index (χ0v) is 22.1. The number of ether oxygens (including phenoxy) is 1. The van der Waals surface area contributed by atoms with Crippen LogP contribution in [-0.2, 0) is 14.8 Å². The van der Waals surface area contributed by atoms with E-state index in [0.29, 0.717) is 12.5 Å². The van der Waals surface area contributed by atoms with E-state index in [1.807, 2.05) is 6.92 Å². The second-order valence-corrected chi connectivity index (χ2v) is 9.90. The number of hydrogen-bond acceptors (Lipinski definition) is 5. The smallest absolute Gasteiger partial charge is 0.213 e. The molecule has 2 aliphatic rings. The summed E-state index contributed by atoms with van der Waals surface area (Å²) in [6, 6.07) is 0. The summed E-state index contributed by atoms with van der Waals surface area (Å²) in [5.41, 5.74) is 0. The first-order valence-electron chi connectivity index (χ1n) is 11.3. The summed E-state index contributed by atoms with van der Waals surface area (Å²) >= 11 is 0. The van der Waals surface area contributed by atoms with Gasteiger partial charge < -0.3 is 19.9 Å². The Morgan fingerprint density at radius 2 is 1.97 bits per heavy atom. The number of sulfonamides is 1. The summed E-state index contributed by atoms with van der Waals surface area (Å²) in [4.78, 5) is 9.33. The van der Waals surface area contributed by atoms with E-state index >= 15 is 0 Å². The molecule has 0 aromatic rings. The van der Waals surface area contributed by atoms with Gasteiger partial charge in [0, 0.05) is 39.3 Å². The number of halogens is 1. The van der Waals surface area contributed by atoms with E-state index in [1.165, 1.54) is 0 Å². The monoisotopic (exact) mass is 559 g/mol. The van der Waals surface area contributed by atoms with E-state index in [0.717, 1.165) is 77.5 Å². The standard InChI is InChI=1S/C20H41N5O3S.HI/c1-4-21-20(25-12-10-18(17-25)16-24(5-2)6-3)22-11-14-29(26,27)23-15-19-9-7-8-13-28-19;/h18-19,23H,4-17H2,1-3H3,(H,21,22);1H. The van der Waals surface area contributed by atoms with Gasteiger partial charge in [0.1, 0.15) is 0 Å². The van der Waals surface area contributed by atoms with Crippen molar-refractivity contribution in [3.05, 3.63) is 0 Å². The zero-order valence-electron chi connectivity index (χ0n) is 18.9. The van der Waals surface area contributed by atoms with Crippen LogP contribution in [0.2, 0.25) is 0 Å². The lowest BCUT2D eigenvalue weighted by molar-refractivity contribution is 0.0200. The van der Waals surface area contributed by atoms with Crippen molar-refractivity contribution < 1.29 is 13.2 Å². The van der Waals surface area contributed by atoms with Crippen LogP contribution in [0.5, 0.6) is 0 Å². The Balaban J connectivity index is 0.00000450. The third-order valence-corrected chi connectivity index (χ3v) is 7.08. The predicted octanol–water partition coefficient (Wildman–Crippen LogP) is 1.72. The average Bonchev–Trinajstić information content (AvgIpc) is 3.19. The molecule has 0 radical (unpaired) electrons. The van der Waals surface area contributed by atoms with Gasteiger partial charge in [-0.1, -0.05) is 13.8 Å². The largest absolute Gasteiger partial charge is 0.377 e. The first-order chi connectivity index (χ1) is 14.0. The van der Waals surface area contributed by atoms with Crippen molar-refractivity contribution in [3.8, 4) is 0 Å². The van der Waals surface area contributed by atoms with Crippen molar-refractivity contribution >= 4 is 40.0 Å². The van der Waals surface area contributed by atoms with Gasteiger partial charge in [-0.15, -0.1) is 24.0 Å². The first-order valence-corrected chi connectivity index (χ1v) is 13.0. The highest BCUT2D eigenvalue weighted by atomic mass is 127. The van der Waals surface area contributed by atoms with Crippen molar-refractivity contribution in [3.63, 3.8) is 0 Å². The molecular weight excluding hydrogens is 517 g/mol. The van der Waals surface area contributed by atoms with Crippen LogP contribution in [0.15, 0.2) is 4.99 Å². The predicted molar refractivity (Wildman–Crippen MR) is 134 cm³/mol. The quantitative estimate of drug-likeness (QED) is 0.228. The van der Waals surface area contributed by atoms with E-state index < -0.39 is 10.0 Å². The Hall–Kier alpha value is -0.170. The fourth-order valence-electron chi connectivity index (χ4n) is 3.98. The van der Waals surface area contributed by atoms with Gasteiger partial charge in [0.2, 0.25) is 10.0 Å². The van der Waals surface area contributed by atoms with Crippen LogP contribution < -0.4 is 10.0 Å². The minimum atomic E-state index is -3.34. The molecule has 178 valence electrons. The second kappa shape index (κ2) is 14.8. The number of likely N-dealkylation sites (tertiary alicyclic amines) is 1. The first kappa shape index (κ1) is 27.9. The minimum Gasteiger partial charge on any atom is -0.377 e. The summed E-state index contributed by atoms with van der Waals surface area (Å²) in [6.45, 7) is 13.8. The summed E-state index contributed by atoms with van der Waals surface area (Å²) in [6.07, 6.45) is 4.26. The van der Waals surface area contributed by atoms with Gasteiger partial charge in [-0.05, 0) is 51.6 Å². The number of guanidine groups is 1. The molecule has 0 aromatic carbocycles. The van der Waals surface area contributed by atoms with Gasteiger partial charge in [-0.2, -0.15) is 0 Å². The van der Waals surface area contributed by atoms with E-state index in [-0.39, 0.29) is 42.4 Å². The van der Waals surface area contributed by atoms with E-state index in [4.69, 9.17) is 4.74 Å². The summed E-state index contributed by atoms with van der Waals surface area (Å²) < 4.78 is 32.9. The maximum atomic E-state index is 12.3. The number of nitrogens with zero attached hydrogens (tertiary/aromatic N) is 3. The van der Waals surface area contributed by atoms with E-state index in [1.54, 1.807) is 0 Å². The molecule has 0 saturated carbocycles. The topological polar surface area (TPSA) is 86.3 Å². The molecule has 0 bridgehead atoms. The van der Waals surface area contributed by atoms with Crippen LogP contribution in [0.1, 0.15) is 46.5 Å². The molecule has 0 aromatic heterocycles. The van der Waals surface area contributed by atoms with Gasteiger partial charge in [0.25, 0.3) is 0 Å². The average molecular weight is 560 g/mol. The highest BCUT2D eigenvalue weighted by molar-refractivity contribution is 14.0. The van der Waals surface area contributed by atoms with Gasteiger partial charge in [0.15, 0.2) is 5.96 Å². The van der Waals surface area contributed by atoms with E-state index in [2.05, 4.69) is 38.7 Å². The Morgan fingerprint density at radius 3 is 2.60 bits per heavy atom. The van der Waals surface area contributed by atoms with Crippen molar-refractivity contribution in [2.45, 2.75) is 52.6 Å². The fraction of sp³-hybridized carbons (Fsp3) is 0.950. The van der Waals surface area contributed by atoms with Gasteiger partial charge in [-0.25, -0.2) is 13.1 Å². The molecule has 2 fully saturated rings. The normalized spacial score (nSPS) is 22.9. The summed E-state index contributed by atoms with van der Waals surface area (Å²) in [5, 5.41) is 3.32. The molecule has 2 aliphatic heterocycles. The molecule has 30 heavy (non-hydrogen) atoms. The molecule has 2 atom stereocenters. The van der Waals surface area contributed by atoms with Crippen LogP contribution in [0.25, 0.3) is 0 Å². The van der Waals surface area contributed by atoms with Crippen molar-refractivity contribution in [1.82, 2.24) is 19.8 Å². The summed E-state index contributed by atoms with van der Waals surface area (Å²) in [7, 11) is -3.34. The number of hydrogen-bond donors (Lipinski definition) is 2. The van der Waals surface area contributed by atoms with Crippen molar-refractivity contribution in [2.24, 2.45) is 10.9 Å². The highest BCUT2D eigenvalue weighted by Gasteiger charge is 2.26. The van der Waals surface area contributed by atoms with Crippen LogP contribution in [0.4, 0.5) is 0 Å². The lowest BCUT2D eigenvalue weighted by Crippen LogP contribution is -2.41. The van der Waals surface area contributed by atoms with Gasteiger partial charge in [0.05, 0.1) is 18.4 Å². The molecule has 10 heteroatoms. The maximum absolute atomic E-state index is 12.3. The van der Waals surface area contributed by atoms with Gasteiger partial charge in [-0.3, -0.25) is 4.99 Å². The zero-order chi connectivity index (χ0) is 21.1. The second-order valence-electron chi connectivity index (χ2n) is 7.98. The van der Waals surface area contributed by atoms with Crippen LogP contribution >= 0.6 is 24.0 Å². The Bertz CT molecular complexity index is 595. The molecule has 0 spiro atoms. The molecule has 8 nitrogen and oxygen atoms in total. The van der Waals surface area contributed by atoms with Crippen molar-refractivity contribution in [1.29, 1.82) is 0 Å². The van der Waals surface area contributed by atoms with Crippen LogP contribution in [0.3, 0.4) is 0 Å². The van der Waals surface area contributed by atoms with Crippen molar-refractivity contribution in [2.75, 3.05) is 64.7 Å². The number of nitrogens with one attached hydrogen (secondary N) is 2. The number of rotatable bonds is 11. The lowest BCUT2D eigenvalue weighted by Gasteiger charge is -2.24. The summed E-state index contributed by atoms with van der Waals surface area (Å²) in [5.74, 6) is 1.48. The molecule has 2 unspecified atom stereocenters. The molecule has 2 N–H and O–H groups in total. The molecule has 0 amide bonds. The Labute approximate surface area is 200 Å². The lowest BCUT2D eigenvalue weighted by atomic mass is 10.1. The third kappa shape index (κ3) is 9.97. The molecule has 2 heterocycles. The molecular formula is C20H42IN5O3S. The van der Waals surface area contributed by atoms with Crippen LogP contribution in [-0.4, -0.2) is 95.0 Å². The van der Waals surface area contributed by atoms with Gasteiger partial charge >= 0.3 is 0 Å². The fourth-order valence-corrected chi connectivity index (χ4v) is 4.89. The Kier molecular flexibility index (Phi) is 13.8. The Morgan fingerprint density at radius 1 is 1.20 bits per heavy atom.